The quantitative estimate of drug-likeness (QED) is 0.873. The third-order valence-electron chi connectivity index (χ3n) is 2.82. The van der Waals surface area contributed by atoms with E-state index in [1.807, 2.05) is 0 Å². The minimum Gasteiger partial charge on any atom is -0.480 e. The van der Waals surface area contributed by atoms with E-state index < -0.39 is 35.1 Å². The first kappa shape index (κ1) is 16.1. The number of hydrogen-bond acceptors (Lipinski definition) is 2. The molecule has 0 bridgehead atoms. The second-order valence-electron chi connectivity index (χ2n) is 5.05. The number of carboxylic acids is 1. The topological polar surface area (TPSA) is 66.4 Å². The second kappa shape index (κ2) is 6.45. The number of hydrogen-bond donors (Lipinski definition) is 2. The maximum atomic E-state index is 13.8. The third-order valence-corrected chi connectivity index (χ3v) is 2.82. The zero-order valence-electron chi connectivity index (χ0n) is 11.5. The summed E-state index contributed by atoms with van der Waals surface area (Å²) in [4.78, 5) is 22.9. The van der Waals surface area contributed by atoms with E-state index in [9.17, 15) is 18.4 Å². The fourth-order valence-corrected chi connectivity index (χ4v) is 1.79. The minimum absolute atomic E-state index is 0.0172. The van der Waals surface area contributed by atoms with Gasteiger partial charge in [0.15, 0.2) is 0 Å². The van der Waals surface area contributed by atoms with Crippen molar-refractivity contribution in [2.75, 3.05) is 0 Å². The van der Waals surface area contributed by atoms with Crippen LogP contribution in [0.5, 0.6) is 0 Å². The highest BCUT2D eigenvalue weighted by atomic mass is 19.1. The van der Waals surface area contributed by atoms with Crippen LogP contribution in [0, 0.1) is 24.5 Å². The molecule has 0 saturated heterocycles. The highest BCUT2D eigenvalue weighted by molar-refractivity contribution is 5.97. The lowest BCUT2D eigenvalue weighted by Gasteiger charge is -2.17. The van der Waals surface area contributed by atoms with Gasteiger partial charge in [0.2, 0.25) is 0 Å². The number of carbonyl (C=O) groups excluding carboxylic acids is 1. The Balaban J connectivity index is 3.01. The smallest absolute Gasteiger partial charge is 0.326 e. The minimum atomic E-state index is -1.24. The van der Waals surface area contributed by atoms with Gasteiger partial charge in [-0.15, -0.1) is 0 Å². The summed E-state index contributed by atoms with van der Waals surface area (Å²) in [6.45, 7) is 4.97. The summed E-state index contributed by atoms with van der Waals surface area (Å²) in [5.74, 6) is -4.27. The Kier molecular flexibility index (Phi) is 5.19. The van der Waals surface area contributed by atoms with E-state index in [4.69, 9.17) is 5.11 Å². The van der Waals surface area contributed by atoms with E-state index in [0.717, 1.165) is 6.07 Å². The largest absolute Gasteiger partial charge is 0.480 e. The van der Waals surface area contributed by atoms with Gasteiger partial charge in [0, 0.05) is 0 Å². The number of carbonyl (C=O) groups is 2. The summed E-state index contributed by atoms with van der Waals surface area (Å²) >= 11 is 0. The molecule has 0 radical (unpaired) electrons. The molecule has 0 aliphatic rings. The van der Waals surface area contributed by atoms with Crippen LogP contribution in [0.3, 0.4) is 0 Å². The van der Waals surface area contributed by atoms with Crippen molar-refractivity contribution in [3.8, 4) is 0 Å². The predicted octanol–water partition coefficient (Wildman–Crippen LogP) is 2.50. The monoisotopic (exact) mass is 285 g/mol. The summed E-state index contributed by atoms with van der Waals surface area (Å²) in [5, 5.41) is 11.2. The van der Waals surface area contributed by atoms with Crippen molar-refractivity contribution in [1.29, 1.82) is 0 Å². The normalized spacial score (nSPS) is 12.3. The molecule has 20 heavy (non-hydrogen) atoms. The molecular weight excluding hydrogens is 268 g/mol. The first-order chi connectivity index (χ1) is 9.23. The molecule has 0 aliphatic carbocycles. The van der Waals surface area contributed by atoms with Crippen molar-refractivity contribution >= 4 is 11.9 Å². The van der Waals surface area contributed by atoms with Gasteiger partial charge in [0.1, 0.15) is 23.2 Å². The van der Waals surface area contributed by atoms with Crippen LogP contribution in [-0.4, -0.2) is 23.0 Å². The van der Waals surface area contributed by atoms with Crippen LogP contribution >= 0.6 is 0 Å². The Hall–Kier alpha value is -1.98. The van der Waals surface area contributed by atoms with Gasteiger partial charge in [-0.3, -0.25) is 4.79 Å². The number of benzene rings is 1. The average molecular weight is 285 g/mol. The summed E-state index contributed by atoms with van der Waals surface area (Å²) < 4.78 is 27.3. The molecule has 0 fully saturated rings. The Labute approximate surface area is 115 Å². The molecule has 0 aromatic heterocycles. The molecule has 4 nitrogen and oxygen atoms in total. The van der Waals surface area contributed by atoms with E-state index in [1.165, 1.54) is 13.0 Å². The lowest BCUT2D eigenvalue weighted by atomic mass is 10.0. The zero-order valence-corrected chi connectivity index (χ0v) is 11.5. The molecular formula is C14H17F2NO3. The Morgan fingerprint density at radius 2 is 1.90 bits per heavy atom. The number of nitrogens with one attached hydrogen (secondary N) is 1. The second-order valence-corrected chi connectivity index (χ2v) is 5.05. The molecule has 2 N–H and O–H groups in total. The van der Waals surface area contributed by atoms with Gasteiger partial charge in [0.05, 0.1) is 0 Å². The summed E-state index contributed by atoms with van der Waals surface area (Å²) in [6, 6.07) is 1.01. The maximum absolute atomic E-state index is 13.8. The molecule has 1 atom stereocenters. The van der Waals surface area contributed by atoms with Crippen molar-refractivity contribution in [3.63, 3.8) is 0 Å². The number of amides is 1. The molecule has 0 saturated carbocycles. The van der Waals surface area contributed by atoms with Crippen molar-refractivity contribution in [3.05, 3.63) is 34.9 Å². The van der Waals surface area contributed by atoms with Crippen molar-refractivity contribution < 1.29 is 23.5 Å². The van der Waals surface area contributed by atoms with E-state index in [1.54, 1.807) is 13.8 Å². The van der Waals surface area contributed by atoms with Gasteiger partial charge in [-0.05, 0) is 30.9 Å². The molecule has 0 spiro atoms. The number of halogens is 2. The molecule has 0 aliphatic heterocycles. The average Bonchev–Trinajstić information content (AvgIpc) is 2.33. The maximum Gasteiger partial charge on any atom is 0.326 e. The fourth-order valence-electron chi connectivity index (χ4n) is 1.79. The van der Waals surface area contributed by atoms with Crippen molar-refractivity contribution in [2.45, 2.75) is 33.2 Å². The van der Waals surface area contributed by atoms with Gasteiger partial charge in [-0.1, -0.05) is 19.9 Å². The van der Waals surface area contributed by atoms with E-state index in [2.05, 4.69) is 5.32 Å². The number of aliphatic carboxylic acids is 1. The molecule has 1 unspecified atom stereocenters. The highest BCUT2D eigenvalue weighted by Gasteiger charge is 2.25. The van der Waals surface area contributed by atoms with Crippen molar-refractivity contribution in [1.82, 2.24) is 5.32 Å². The summed E-state index contributed by atoms with van der Waals surface area (Å²) in [6.07, 6.45) is 0.177. The van der Waals surface area contributed by atoms with Crippen LogP contribution in [0.1, 0.15) is 36.2 Å². The van der Waals surface area contributed by atoms with Crippen LogP contribution in [0.2, 0.25) is 0 Å². The van der Waals surface area contributed by atoms with E-state index in [0.29, 0.717) is 0 Å². The SMILES string of the molecule is Cc1ccc(F)c(C(=O)NC(CC(C)C)C(=O)O)c1F. The van der Waals surface area contributed by atoms with Crippen LogP contribution in [0.4, 0.5) is 8.78 Å². The van der Waals surface area contributed by atoms with Crippen LogP contribution in [0.25, 0.3) is 0 Å². The first-order valence-electron chi connectivity index (χ1n) is 6.22. The van der Waals surface area contributed by atoms with Gasteiger partial charge >= 0.3 is 5.97 Å². The van der Waals surface area contributed by atoms with Crippen molar-refractivity contribution in [2.24, 2.45) is 5.92 Å². The number of carboxylic acid groups (broad SMARTS) is 1. The van der Waals surface area contributed by atoms with Gasteiger partial charge in [-0.25, -0.2) is 13.6 Å². The van der Waals surface area contributed by atoms with Gasteiger partial charge < -0.3 is 10.4 Å². The van der Waals surface area contributed by atoms with Gasteiger partial charge in [0.25, 0.3) is 5.91 Å². The summed E-state index contributed by atoms with van der Waals surface area (Å²) in [5.41, 5.74) is -0.632. The Morgan fingerprint density at radius 3 is 2.40 bits per heavy atom. The molecule has 6 heteroatoms. The van der Waals surface area contributed by atoms with Crippen LogP contribution in [0.15, 0.2) is 12.1 Å². The first-order valence-corrected chi connectivity index (χ1v) is 6.22. The zero-order chi connectivity index (χ0) is 15.4. The highest BCUT2D eigenvalue weighted by Crippen LogP contribution is 2.17. The molecule has 1 rings (SSSR count). The van der Waals surface area contributed by atoms with Gasteiger partial charge in [-0.2, -0.15) is 0 Å². The third kappa shape index (κ3) is 3.76. The van der Waals surface area contributed by atoms with Crippen LogP contribution < -0.4 is 5.32 Å². The Bertz CT molecular complexity index is 529. The standard InChI is InChI=1S/C14H17F2NO3/c1-7(2)6-10(14(19)20)17-13(18)11-9(15)5-4-8(3)12(11)16/h4-5,7,10H,6H2,1-3H3,(H,17,18)(H,19,20). The summed E-state index contributed by atoms with van der Waals surface area (Å²) in [7, 11) is 0. The lowest BCUT2D eigenvalue weighted by molar-refractivity contribution is -0.139. The van der Waals surface area contributed by atoms with Crippen LogP contribution in [-0.2, 0) is 4.79 Å². The molecule has 110 valence electrons. The molecule has 1 aromatic carbocycles. The van der Waals surface area contributed by atoms with E-state index >= 15 is 0 Å². The molecule has 1 aromatic rings. The lowest BCUT2D eigenvalue weighted by Crippen LogP contribution is -2.42. The molecule has 0 heterocycles. The predicted molar refractivity (Wildman–Crippen MR) is 69.4 cm³/mol. The van der Waals surface area contributed by atoms with E-state index in [-0.39, 0.29) is 17.9 Å². The number of aryl methyl sites for hydroxylation is 1. The fraction of sp³-hybridized carbons (Fsp3) is 0.429. The number of rotatable bonds is 5. The molecule has 1 amide bonds. The Morgan fingerprint density at radius 1 is 1.30 bits per heavy atom.